The monoisotopic (exact) mass is 396 g/mol. The van der Waals surface area contributed by atoms with Gasteiger partial charge in [-0.05, 0) is 0 Å². The molecule has 0 fully saturated rings. The fourth-order valence-corrected chi connectivity index (χ4v) is 0.385. The Hall–Kier alpha value is 0.630. The molecule has 0 aliphatic carbocycles. The molecule has 0 heterocycles. The fraction of sp³-hybridized carbons (Fsp3) is 0. The van der Waals surface area contributed by atoms with Gasteiger partial charge in [0.2, 0.25) is 0 Å². The summed E-state index contributed by atoms with van der Waals surface area (Å²) < 4.78 is 16.5. The van der Waals surface area contributed by atoms with Crippen molar-refractivity contribution < 1.29 is 8.42 Å². The van der Waals surface area contributed by atoms with E-state index in [1.54, 1.807) is 0 Å². The first-order chi connectivity index (χ1) is 5.00. The van der Waals surface area contributed by atoms with Crippen LogP contribution in [0.5, 0.6) is 0 Å². The van der Waals surface area contributed by atoms with Crippen molar-refractivity contribution in [3.05, 3.63) is 36.4 Å². The van der Waals surface area contributed by atoms with Gasteiger partial charge >= 0.3 is 0 Å². The van der Waals surface area contributed by atoms with Gasteiger partial charge in [-0.3, -0.25) is 0 Å². The summed E-state index contributed by atoms with van der Waals surface area (Å²) in [5, 5.41) is 0. The zero-order chi connectivity index (χ0) is 8.74. The van der Waals surface area contributed by atoms with Crippen molar-refractivity contribution in [2.45, 2.75) is 0 Å². The first-order valence-corrected chi connectivity index (χ1v) is 9.21. The van der Waals surface area contributed by atoms with E-state index in [1.807, 2.05) is 36.4 Å². The van der Waals surface area contributed by atoms with E-state index in [1.165, 1.54) is 42.4 Å². The van der Waals surface area contributed by atoms with E-state index < -0.39 is 4.18 Å². The maximum Gasteiger partial charge on any atom is 0.255 e. The smallest absolute Gasteiger partial charge is 0.208 e. The number of halogens is 2. The summed E-state index contributed by atoms with van der Waals surface area (Å²) in [6, 6.07) is 12.0. The van der Waals surface area contributed by atoms with Gasteiger partial charge in [-0.1, -0.05) is 36.4 Å². The van der Waals surface area contributed by atoms with Gasteiger partial charge in [0.1, 0.15) is 0 Å². The maximum absolute atomic E-state index is 9.61. The molecule has 1 aromatic rings. The first-order valence-electron chi connectivity index (χ1n) is 2.64. The highest BCUT2D eigenvalue weighted by Crippen LogP contribution is 2.08. The van der Waals surface area contributed by atoms with Crippen LogP contribution in [0, 0.1) is 0 Å². The van der Waals surface area contributed by atoms with E-state index in [9.17, 15) is 8.42 Å². The Morgan fingerprint density at radius 1 is 0.727 bits per heavy atom. The summed E-state index contributed by atoms with van der Waals surface area (Å²) in [4.78, 5) is 0. The van der Waals surface area contributed by atoms with Gasteiger partial charge < -0.3 is 0 Å². The van der Waals surface area contributed by atoms with Crippen LogP contribution in [-0.4, -0.2) is 8.42 Å². The lowest BCUT2D eigenvalue weighted by molar-refractivity contribution is 0.627. The summed E-state index contributed by atoms with van der Waals surface area (Å²) in [7, 11) is 0. The maximum atomic E-state index is 9.61. The Kier molecular flexibility index (Phi) is 6.53. The molecular formula is C6H6I2O2S. The highest BCUT2D eigenvalue weighted by molar-refractivity contribution is 14.3. The van der Waals surface area contributed by atoms with Crippen molar-refractivity contribution in [1.82, 2.24) is 0 Å². The minimum atomic E-state index is -2.73. The van der Waals surface area contributed by atoms with Crippen molar-refractivity contribution in [2.24, 2.45) is 0 Å². The quantitative estimate of drug-likeness (QED) is 0.500. The summed E-state index contributed by atoms with van der Waals surface area (Å²) >= 11 is 2.67. The molecule has 11 heavy (non-hydrogen) atoms. The van der Waals surface area contributed by atoms with Gasteiger partial charge in [-0.15, -0.1) is 0 Å². The van der Waals surface area contributed by atoms with Crippen molar-refractivity contribution in [3.63, 3.8) is 0 Å². The van der Waals surface area contributed by atoms with Gasteiger partial charge in [0.15, 0.2) is 0 Å². The normalized spacial score (nSPS) is 9.64. The predicted octanol–water partition coefficient (Wildman–Crippen LogP) is 2.79. The second-order valence-electron chi connectivity index (χ2n) is 1.53. The molecule has 0 radical (unpaired) electrons. The Bertz CT molecular complexity index is 235. The van der Waals surface area contributed by atoms with Gasteiger partial charge in [0.05, 0.1) is 42.4 Å². The molecule has 0 saturated heterocycles. The summed E-state index contributed by atoms with van der Waals surface area (Å²) in [5.41, 5.74) is 0. The van der Waals surface area contributed by atoms with Crippen LogP contribution in [0.4, 0.5) is 0 Å². The lowest BCUT2D eigenvalue weighted by Crippen LogP contribution is -1.60. The molecule has 0 aliphatic heterocycles. The van der Waals surface area contributed by atoms with E-state index in [0.29, 0.717) is 0 Å². The molecule has 0 spiro atoms. The van der Waals surface area contributed by atoms with E-state index in [-0.39, 0.29) is 0 Å². The highest BCUT2D eigenvalue weighted by Gasteiger charge is 1.86. The molecule has 0 amide bonds. The number of hydrogen-bond acceptors (Lipinski definition) is 2. The van der Waals surface area contributed by atoms with Crippen LogP contribution >= 0.6 is 42.4 Å². The highest BCUT2D eigenvalue weighted by atomic mass is 127. The van der Waals surface area contributed by atoms with Crippen LogP contribution in [0.2, 0.25) is 0 Å². The van der Waals surface area contributed by atoms with Crippen LogP contribution in [-0.2, 0) is 4.18 Å². The first kappa shape index (κ1) is 11.6. The molecule has 2 nitrogen and oxygen atoms in total. The van der Waals surface area contributed by atoms with E-state index >= 15 is 0 Å². The molecular weight excluding hydrogens is 390 g/mol. The lowest BCUT2D eigenvalue weighted by Gasteiger charge is -1.69. The molecule has 5 heteroatoms. The Morgan fingerprint density at radius 2 is 0.818 bits per heavy atom. The average Bonchev–Trinajstić information content (AvgIpc) is 1.88. The SMILES string of the molecule is O=S(=O)(I)I.c1ccccc1. The Labute approximate surface area is 90.5 Å². The van der Waals surface area contributed by atoms with Gasteiger partial charge in [-0.2, -0.15) is 0 Å². The zero-order valence-corrected chi connectivity index (χ0v) is 10.6. The molecule has 1 aromatic carbocycles. The Balaban J connectivity index is 0.000000187. The van der Waals surface area contributed by atoms with E-state index in [2.05, 4.69) is 0 Å². The molecule has 0 atom stereocenters. The summed E-state index contributed by atoms with van der Waals surface area (Å²) in [5.74, 6) is 0. The van der Waals surface area contributed by atoms with Crippen LogP contribution in [0.1, 0.15) is 0 Å². The van der Waals surface area contributed by atoms with Crippen LogP contribution in [0.3, 0.4) is 0 Å². The lowest BCUT2D eigenvalue weighted by atomic mass is 10.4. The third-order valence-corrected chi connectivity index (χ3v) is 0.667. The minimum Gasteiger partial charge on any atom is -0.208 e. The summed E-state index contributed by atoms with van der Waals surface area (Å²) in [6.07, 6.45) is 0. The van der Waals surface area contributed by atoms with E-state index in [0.717, 1.165) is 0 Å². The van der Waals surface area contributed by atoms with Gasteiger partial charge in [-0.25, -0.2) is 8.42 Å². The summed E-state index contributed by atoms with van der Waals surface area (Å²) in [6.45, 7) is 0. The van der Waals surface area contributed by atoms with Crippen molar-refractivity contribution >= 4 is 46.6 Å². The standard InChI is InChI=1S/C6H6.I2O2S/c1-2-4-6-5-3-1;1-5(2,3)4/h1-6H;. The number of benzene rings is 1. The fourth-order valence-electron chi connectivity index (χ4n) is 0.385. The van der Waals surface area contributed by atoms with Crippen LogP contribution < -0.4 is 0 Å². The molecule has 0 aromatic heterocycles. The third-order valence-electron chi connectivity index (χ3n) is 0.667. The Morgan fingerprint density at radius 3 is 0.909 bits per heavy atom. The molecule has 0 aliphatic rings. The topological polar surface area (TPSA) is 34.1 Å². The molecule has 0 saturated carbocycles. The molecule has 1 rings (SSSR count). The second-order valence-corrected chi connectivity index (χ2v) is 14.3. The second kappa shape index (κ2) is 6.18. The van der Waals surface area contributed by atoms with Crippen LogP contribution in [0.25, 0.3) is 0 Å². The van der Waals surface area contributed by atoms with Gasteiger partial charge in [0, 0.05) is 0 Å². The largest absolute Gasteiger partial charge is 0.255 e. The zero-order valence-electron chi connectivity index (χ0n) is 5.44. The molecule has 0 unspecified atom stereocenters. The van der Waals surface area contributed by atoms with E-state index in [4.69, 9.17) is 0 Å². The van der Waals surface area contributed by atoms with Crippen molar-refractivity contribution in [1.29, 1.82) is 0 Å². The number of hydrogen-bond donors (Lipinski definition) is 0. The van der Waals surface area contributed by atoms with Crippen molar-refractivity contribution in [2.75, 3.05) is 0 Å². The molecule has 0 N–H and O–H groups in total. The average molecular weight is 396 g/mol. The molecule has 62 valence electrons. The third kappa shape index (κ3) is 18.0. The van der Waals surface area contributed by atoms with Crippen molar-refractivity contribution in [3.8, 4) is 0 Å². The predicted molar refractivity (Wildman–Crippen MR) is 63.4 cm³/mol. The number of rotatable bonds is 0. The van der Waals surface area contributed by atoms with Crippen LogP contribution in [0.15, 0.2) is 36.4 Å². The molecule has 0 bridgehead atoms. The van der Waals surface area contributed by atoms with Gasteiger partial charge in [0.25, 0.3) is 4.18 Å². The minimum absolute atomic E-state index is 1.34.